The van der Waals surface area contributed by atoms with Gasteiger partial charge in [-0.2, -0.15) is 0 Å². The number of anilines is 1. The van der Waals surface area contributed by atoms with Crippen molar-refractivity contribution in [2.45, 2.75) is 51.4 Å². The number of hydrogen-bond acceptors (Lipinski definition) is 6. The number of rotatable bonds is 10. The number of carboxylic acids is 1. The third kappa shape index (κ3) is 5.19. The van der Waals surface area contributed by atoms with E-state index in [1.807, 2.05) is 13.8 Å². The number of H-pyrrole nitrogens is 1. The maximum atomic E-state index is 12.4. The van der Waals surface area contributed by atoms with E-state index < -0.39 is 30.1 Å². The third-order valence-corrected chi connectivity index (χ3v) is 4.36. The highest BCUT2D eigenvalue weighted by atomic mass is 16.6. The Hall–Kier alpha value is -2.62. The number of nitrogen functional groups attached to an aromatic ring is 1. The molecule has 0 saturated carbocycles. The summed E-state index contributed by atoms with van der Waals surface area (Å²) in [6, 6.07) is -0.742. The smallest absolute Gasteiger partial charge is 0.336 e. The number of carbonyl (C=O) groups excluding carboxylic acids is 2. The molecule has 2 heterocycles. The molecular weight excluding hydrogens is 342 g/mol. The number of amides is 2. The molecule has 0 aromatic carbocycles. The van der Waals surface area contributed by atoms with Gasteiger partial charge in [0.1, 0.15) is 6.04 Å². The van der Waals surface area contributed by atoms with Crippen LogP contribution < -0.4 is 16.4 Å². The van der Waals surface area contributed by atoms with Crippen molar-refractivity contribution < 1.29 is 24.2 Å². The van der Waals surface area contributed by atoms with Crippen molar-refractivity contribution in [2.75, 3.05) is 12.3 Å². The molecule has 26 heavy (non-hydrogen) atoms. The van der Waals surface area contributed by atoms with Crippen LogP contribution in [0, 0.1) is 5.92 Å². The van der Waals surface area contributed by atoms with E-state index >= 15 is 0 Å². The van der Waals surface area contributed by atoms with E-state index in [2.05, 4.69) is 20.6 Å². The normalized spacial score (nSPS) is 20.8. The predicted octanol–water partition coefficient (Wildman–Crippen LogP) is -0.576. The summed E-state index contributed by atoms with van der Waals surface area (Å²) in [5.74, 6) is -1.82. The maximum absolute atomic E-state index is 12.4. The van der Waals surface area contributed by atoms with Crippen molar-refractivity contribution in [1.82, 2.24) is 20.6 Å². The molecule has 4 atom stereocenters. The van der Waals surface area contributed by atoms with Gasteiger partial charge < -0.3 is 31.2 Å². The summed E-state index contributed by atoms with van der Waals surface area (Å²) in [5, 5.41) is 14.2. The number of ether oxygens (including phenoxy) is 1. The monoisotopic (exact) mass is 367 g/mol. The molecule has 6 N–H and O–H groups in total. The maximum Gasteiger partial charge on any atom is 0.336 e. The summed E-state index contributed by atoms with van der Waals surface area (Å²) in [4.78, 5) is 42.1. The van der Waals surface area contributed by atoms with Gasteiger partial charge in [-0.3, -0.25) is 9.59 Å². The summed E-state index contributed by atoms with van der Waals surface area (Å²) >= 11 is 0. The zero-order chi connectivity index (χ0) is 19.3. The van der Waals surface area contributed by atoms with Crippen LogP contribution in [-0.4, -0.2) is 57.7 Å². The van der Waals surface area contributed by atoms with Gasteiger partial charge in [0.25, 0.3) is 5.91 Å². The Balaban J connectivity index is 1.80. The molecular formula is C16H25N5O5. The van der Waals surface area contributed by atoms with Crippen molar-refractivity contribution >= 4 is 23.7 Å². The van der Waals surface area contributed by atoms with Gasteiger partial charge in [0.15, 0.2) is 18.2 Å². The number of hydrogen-bond donors (Lipinski definition) is 5. The van der Waals surface area contributed by atoms with Crippen LogP contribution >= 0.6 is 0 Å². The summed E-state index contributed by atoms with van der Waals surface area (Å²) in [6.07, 6.45) is 1.53. The van der Waals surface area contributed by atoms with Crippen LogP contribution in [0.3, 0.4) is 0 Å². The second-order valence-electron chi connectivity index (χ2n) is 6.38. The van der Waals surface area contributed by atoms with E-state index in [0.29, 0.717) is 31.8 Å². The van der Waals surface area contributed by atoms with Crippen molar-refractivity contribution in [3.05, 3.63) is 11.9 Å². The molecule has 10 nitrogen and oxygen atoms in total. The lowest BCUT2D eigenvalue weighted by atomic mass is 9.98. The molecule has 0 aliphatic carbocycles. The van der Waals surface area contributed by atoms with Crippen LogP contribution in [0.25, 0.3) is 0 Å². The Labute approximate surface area is 150 Å². The minimum atomic E-state index is -1.19. The molecule has 10 heteroatoms. The fourth-order valence-corrected chi connectivity index (χ4v) is 2.54. The van der Waals surface area contributed by atoms with Crippen LogP contribution in [0.5, 0.6) is 0 Å². The molecule has 2 unspecified atom stereocenters. The molecule has 144 valence electrons. The van der Waals surface area contributed by atoms with Gasteiger partial charge >= 0.3 is 5.97 Å². The Morgan fingerprint density at radius 1 is 1.42 bits per heavy atom. The minimum absolute atomic E-state index is 0.103. The number of imidazole rings is 1. The van der Waals surface area contributed by atoms with Gasteiger partial charge in [0.2, 0.25) is 5.91 Å². The molecule has 1 aliphatic rings. The first-order chi connectivity index (χ1) is 12.3. The van der Waals surface area contributed by atoms with Gasteiger partial charge in [-0.05, 0) is 18.8 Å². The lowest BCUT2D eigenvalue weighted by Crippen LogP contribution is -2.51. The van der Waals surface area contributed by atoms with E-state index in [9.17, 15) is 14.4 Å². The molecule has 2 amide bonds. The minimum Gasteiger partial charge on any atom is -0.479 e. The molecule has 1 aromatic heterocycles. The van der Waals surface area contributed by atoms with E-state index in [-0.39, 0.29) is 11.8 Å². The van der Waals surface area contributed by atoms with E-state index in [1.54, 1.807) is 6.20 Å². The summed E-state index contributed by atoms with van der Waals surface area (Å²) in [7, 11) is 0. The summed E-state index contributed by atoms with van der Waals surface area (Å²) < 4.78 is 4.82. The number of nitrogens with one attached hydrogen (secondary N) is 3. The van der Waals surface area contributed by atoms with Gasteiger partial charge in [-0.1, -0.05) is 20.3 Å². The first-order valence-electron chi connectivity index (χ1n) is 8.59. The summed E-state index contributed by atoms with van der Waals surface area (Å²) in [6.45, 7) is 4.19. The number of aromatic amines is 1. The summed E-state index contributed by atoms with van der Waals surface area (Å²) in [5.41, 5.74) is 6.38. The lowest BCUT2D eigenvalue weighted by molar-refractivity contribution is -0.138. The number of epoxide rings is 1. The molecule has 1 aromatic rings. The number of aromatic nitrogens is 2. The van der Waals surface area contributed by atoms with Crippen LogP contribution in [0.15, 0.2) is 6.20 Å². The number of nitrogens with zero attached hydrogens (tertiary/aromatic N) is 1. The van der Waals surface area contributed by atoms with Crippen molar-refractivity contribution in [1.29, 1.82) is 0 Å². The zero-order valence-corrected chi connectivity index (χ0v) is 14.8. The Bertz CT molecular complexity index is 661. The standard InChI is InChI=1S/C16H25N5O5/c1-3-8(2)10(21-14(23)11-12(26-11)15(24)25)13(22)18-6-4-5-9-7-19-16(17)20-9/h7-8,10-12H,3-6H2,1-2H3,(H,18,22)(H,21,23)(H,24,25)(H3,17,19,20)/t8?,10?,11-,12-/m0/s1. The van der Waals surface area contributed by atoms with Crippen molar-refractivity contribution in [3.63, 3.8) is 0 Å². The average Bonchev–Trinajstić information content (AvgIpc) is 3.32. The highest BCUT2D eigenvalue weighted by Crippen LogP contribution is 2.23. The van der Waals surface area contributed by atoms with Crippen molar-refractivity contribution in [2.24, 2.45) is 5.92 Å². The zero-order valence-electron chi connectivity index (χ0n) is 14.8. The van der Waals surface area contributed by atoms with Gasteiger partial charge in [-0.15, -0.1) is 0 Å². The topological polar surface area (TPSA) is 163 Å². The molecule has 2 rings (SSSR count). The molecule has 1 saturated heterocycles. The SMILES string of the molecule is CCC(C)C(NC(=O)[C@H]1O[C@@H]1C(=O)O)C(=O)NCCCc1cnc(N)[nH]1. The van der Waals surface area contributed by atoms with Crippen molar-refractivity contribution in [3.8, 4) is 0 Å². The molecule has 0 spiro atoms. The highest BCUT2D eigenvalue weighted by molar-refractivity contribution is 5.95. The Morgan fingerprint density at radius 2 is 2.15 bits per heavy atom. The second-order valence-corrected chi connectivity index (χ2v) is 6.38. The Morgan fingerprint density at radius 3 is 2.69 bits per heavy atom. The average molecular weight is 367 g/mol. The van der Waals surface area contributed by atoms with Gasteiger partial charge in [0, 0.05) is 12.2 Å². The first-order valence-corrected chi connectivity index (χ1v) is 8.59. The van der Waals surface area contributed by atoms with Crippen LogP contribution in [-0.2, 0) is 25.5 Å². The number of aliphatic carboxylic acids is 1. The van der Waals surface area contributed by atoms with E-state index in [4.69, 9.17) is 15.6 Å². The van der Waals surface area contributed by atoms with Gasteiger partial charge in [-0.25, -0.2) is 9.78 Å². The first kappa shape index (κ1) is 19.7. The third-order valence-electron chi connectivity index (χ3n) is 4.36. The number of nitrogens with two attached hydrogens (primary N) is 1. The highest BCUT2D eigenvalue weighted by Gasteiger charge is 2.51. The van der Waals surface area contributed by atoms with E-state index in [0.717, 1.165) is 5.69 Å². The van der Waals surface area contributed by atoms with Gasteiger partial charge in [0.05, 0.1) is 6.20 Å². The van der Waals surface area contributed by atoms with Crippen LogP contribution in [0.2, 0.25) is 0 Å². The number of aryl methyl sites for hydroxylation is 1. The van der Waals surface area contributed by atoms with E-state index in [1.165, 1.54) is 0 Å². The lowest BCUT2D eigenvalue weighted by Gasteiger charge is -2.23. The Kier molecular flexibility index (Phi) is 6.56. The predicted molar refractivity (Wildman–Crippen MR) is 92.0 cm³/mol. The largest absolute Gasteiger partial charge is 0.479 e. The van der Waals surface area contributed by atoms with Crippen LogP contribution in [0.4, 0.5) is 5.95 Å². The fourth-order valence-electron chi connectivity index (χ4n) is 2.54. The fraction of sp³-hybridized carbons (Fsp3) is 0.625. The second kappa shape index (κ2) is 8.65. The molecule has 0 bridgehead atoms. The molecule has 0 radical (unpaired) electrons. The molecule has 1 aliphatic heterocycles. The quantitative estimate of drug-likeness (QED) is 0.273. The number of carboxylic acid groups (broad SMARTS) is 1. The number of carbonyl (C=O) groups is 3. The van der Waals surface area contributed by atoms with Crippen LogP contribution in [0.1, 0.15) is 32.4 Å². The molecule has 1 fully saturated rings.